The van der Waals surface area contributed by atoms with Crippen LogP contribution in [0.3, 0.4) is 0 Å². The van der Waals surface area contributed by atoms with Crippen LogP contribution in [0, 0.1) is 6.92 Å². The predicted molar refractivity (Wildman–Crippen MR) is 189 cm³/mol. The first-order valence-electron chi connectivity index (χ1n) is 15.0. The fourth-order valence-electron chi connectivity index (χ4n) is 4.38. The molecule has 0 N–H and O–H groups in total. The first-order valence-corrected chi connectivity index (χ1v) is 26.0. The molecule has 0 unspecified atom stereocenters. The monoisotopic (exact) mass is 767 g/mol. The number of halogens is 2. The van der Waals surface area contributed by atoms with Crippen molar-refractivity contribution in [1.82, 2.24) is 0 Å². The van der Waals surface area contributed by atoms with Crippen LogP contribution in [0.25, 0.3) is 21.5 Å². The Hall–Kier alpha value is -1.80. The molecule has 0 aliphatic rings. The molecule has 226 valence electrons. The third kappa shape index (κ3) is 12.8. The Labute approximate surface area is 271 Å². The Kier molecular flexibility index (Phi) is 15.7. The molecule has 3 heteroatoms. The Balaban J connectivity index is 0.000000241. The second kappa shape index (κ2) is 18.1. The summed E-state index contributed by atoms with van der Waals surface area (Å²) in [6, 6.07) is 36.1. The Morgan fingerprint density at radius 1 is 0.714 bits per heavy atom. The van der Waals surface area contributed by atoms with Crippen molar-refractivity contribution in [1.29, 1.82) is 0 Å². The topological polar surface area (TPSA) is 0 Å². The summed E-state index contributed by atoms with van der Waals surface area (Å²) >= 11 is -2.20. The van der Waals surface area contributed by atoms with E-state index in [9.17, 15) is 0 Å². The summed E-state index contributed by atoms with van der Waals surface area (Å²) in [6.07, 6.45) is 5.07. The molecule has 0 atom stereocenters. The number of unbranched alkanes of at least 4 members (excludes halogenated alkanes) is 3. The SMILES string of the molecule is CC(C)(C)c1ccc2c(c1)[cH-]c1cc(C(C)(C)C)ccc12.[CH2-]CCCCC.[Cl][Hf]([Cl])=[CH]c1ccccc1.c1cc[cH-]c1. The Morgan fingerprint density at radius 2 is 1.21 bits per heavy atom. The molecule has 0 nitrogen and oxygen atoms in total. The zero-order valence-corrected chi connectivity index (χ0v) is 31.8. The average molecular weight is 767 g/mol. The molecular formula is C39H49Cl2Hf-3. The number of benzene rings is 3. The molecule has 42 heavy (non-hydrogen) atoms. The largest absolute Gasteiger partial charge is 0.214 e. The second-order valence-electron chi connectivity index (χ2n) is 12.6. The van der Waals surface area contributed by atoms with Crippen molar-refractivity contribution in [3.05, 3.63) is 127 Å². The van der Waals surface area contributed by atoms with Crippen LogP contribution in [0.2, 0.25) is 0 Å². The number of hydrogen-bond acceptors (Lipinski definition) is 0. The van der Waals surface area contributed by atoms with E-state index in [0.717, 1.165) is 12.0 Å². The first-order chi connectivity index (χ1) is 19.9. The van der Waals surface area contributed by atoms with Crippen LogP contribution < -0.4 is 0 Å². The van der Waals surface area contributed by atoms with Crippen LogP contribution in [-0.2, 0) is 29.4 Å². The third-order valence-corrected chi connectivity index (χ3v) is 10.7. The standard InChI is InChI=1S/C21H25.C7H6.C6H13.C5H5.2ClH.Hf/c1-20(2,3)16-7-9-18-14(12-16)11-15-13-17(21(4,5)6)8-10-19(15)18;1-7-5-3-2-4-6-7;1-3-5-6-4-2;1-2-4-5-3-1;;;/h7-13H,1-6H3;1-6H;1,3-6H2,2H3;1-5H;2*1H;/q-1;;2*-1;;;+2/p-2. The van der Waals surface area contributed by atoms with Crippen molar-refractivity contribution < 1.29 is 18.6 Å². The molecule has 0 amide bonds. The van der Waals surface area contributed by atoms with Crippen molar-refractivity contribution in [2.75, 3.05) is 0 Å². The van der Waals surface area contributed by atoms with E-state index < -0.39 is 18.6 Å². The maximum Gasteiger partial charge on any atom is -0.172 e. The van der Waals surface area contributed by atoms with Gasteiger partial charge in [-0.3, -0.25) is 0 Å². The maximum atomic E-state index is 5.74. The van der Waals surface area contributed by atoms with E-state index in [1.807, 2.05) is 64.4 Å². The first kappa shape index (κ1) is 36.4. The summed E-state index contributed by atoms with van der Waals surface area (Å²) in [5.41, 5.74) is 4.36. The molecule has 0 aliphatic heterocycles. The Morgan fingerprint density at radius 3 is 1.55 bits per heavy atom. The van der Waals surface area contributed by atoms with Crippen molar-refractivity contribution in [2.24, 2.45) is 0 Å². The molecule has 5 aromatic rings. The van der Waals surface area contributed by atoms with Gasteiger partial charge in [-0.05, 0) is 10.8 Å². The van der Waals surface area contributed by atoms with E-state index in [1.165, 1.54) is 51.9 Å². The van der Waals surface area contributed by atoms with Crippen molar-refractivity contribution in [3.8, 4) is 0 Å². The zero-order chi connectivity index (χ0) is 31.2. The zero-order valence-electron chi connectivity index (χ0n) is 26.7. The number of fused-ring (bicyclic) bond motifs is 3. The fraction of sp³-hybridized carbons (Fsp3) is 0.333. The fourth-order valence-corrected chi connectivity index (χ4v) is 8.04. The summed E-state index contributed by atoms with van der Waals surface area (Å²) < 4.78 is 1.99. The van der Waals surface area contributed by atoms with Crippen molar-refractivity contribution in [3.63, 3.8) is 0 Å². The van der Waals surface area contributed by atoms with E-state index in [0.29, 0.717) is 0 Å². The summed E-state index contributed by atoms with van der Waals surface area (Å²) in [6.45, 7) is 19.6. The summed E-state index contributed by atoms with van der Waals surface area (Å²) in [5, 5.41) is 5.48. The van der Waals surface area contributed by atoms with Gasteiger partial charge in [0.15, 0.2) is 0 Å². The third-order valence-electron chi connectivity index (χ3n) is 6.92. The Bertz CT molecular complexity index is 1370. The van der Waals surface area contributed by atoms with Crippen LogP contribution >= 0.6 is 17.2 Å². The van der Waals surface area contributed by atoms with Gasteiger partial charge in [-0.15, -0.1) is 39.7 Å². The quantitative estimate of drug-likeness (QED) is 0.0971. The smallest absolute Gasteiger partial charge is 0.172 e. The van der Waals surface area contributed by atoms with Gasteiger partial charge in [-0.25, -0.2) is 12.1 Å². The van der Waals surface area contributed by atoms with Gasteiger partial charge in [-0.2, -0.15) is 24.6 Å². The van der Waals surface area contributed by atoms with Gasteiger partial charge in [0.1, 0.15) is 0 Å². The van der Waals surface area contributed by atoms with Gasteiger partial charge in [0.05, 0.1) is 0 Å². The van der Waals surface area contributed by atoms with Crippen LogP contribution in [-0.4, -0.2) is 3.76 Å². The van der Waals surface area contributed by atoms with E-state index >= 15 is 0 Å². The molecule has 0 aliphatic carbocycles. The van der Waals surface area contributed by atoms with Crippen LogP contribution in [0.1, 0.15) is 90.8 Å². The summed E-state index contributed by atoms with van der Waals surface area (Å²) in [7, 11) is 11.5. The summed E-state index contributed by atoms with van der Waals surface area (Å²) in [4.78, 5) is 0. The molecule has 0 fully saturated rings. The van der Waals surface area contributed by atoms with Crippen LogP contribution in [0.4, 0.5) is 0 Å². The molecular weight excluding hydrogens is 718 g/mol. The summed E-state index contributed by atoms with van der Waals surface area (Å²) in [5.74, 6) is 0. The minimum absolute atomic E-state index is 0.203. The normalized spacial score (nSPS) is 11.0. The molecule has 0 heterocycles. The number of hydrogen-bond donors (Lipinski definition) is 0. The molecule has 0 spiro atoms. The van der Waals surface area contributed by atoms with Crippen LogP contribution in [0.15, 0.2) is 103 Å². The van der Waals surface area contributed by atoms with Gasteiger partial charge in [0, 0.05) is 0 Å². The average Bonchev–Trinajstić information content (AvgIpc) is 3.63. The van der Waals surface area contributed by atoms with E-state index in [-0.39, 0.29) is 10.8 Å². The van der Waals surface area contributed by atoms with E-state index in [2.05, 4.69) is 97.9 Å². The molecule has 0 saturated carbocycles. The van der Waals surface area contributed by atoms with Crippen LogP contribution in [0.5, 0.6) is 0 Å². The van der Waals surface area contributed by atoms with E-state index in [1.54, 1.807) is 0 Å². The van der Waals surface area contributed by atoms with Gasteiger partial charge < -0.3 is 6.92 Å². The van der Waals surface area contributed by atoms with E-state index in [4.69, 9.17) is 17.2 Å². The van der Waals surface area contributed by atoms with Crippen molar-refractivity contribution in [2.45, 2.75) is 85.0 Å². The number of rotatable bonds is 4. The predicted octanol–water partition coefficient (Wildman–Crippen LogP) is 12.9. The minimum Gasteiger partial charge on any atom is -0.214 e. The molecule has 0 radical (unpaired) electrons. The molecule has 5 aromatic carbocycles. The van der Waals surface area contributed by atoms with Gasteiger partial charge >= 0.3 is 75.4 Å². The molecule has 0 saturated heterocycles. The second-order valence-corrected chi connectivity index (χ2v) is 24.0. The van der Waals surface area contributed by atoms with Gasteiger partial charge in [0.25, 0.3) is 0 Å². The molecule has 0 bridgehead atoms. The minimum atomic E-state index is -2.20. The molecule has 0 aromatic heterocycles. The van der Waals surface area contributed by atoms with Gasteiger partial charge in [-0.1, -0.05) is 103 Å². The van der Waals surface area contributed by atoms with Gasteiger partial charge in [0.2, 0.25) is 0 Å². The van der Waals surface area contributed by atoms with Crippen molar-refractivity contribution >= 4 is 42.5 Å². The maximum absolute atomic E-state index is 5.74. The molecule has 5 rings (SSSR count).